The molecule has 0 aromatic carbocycles. The monoisotopic (exact) mass is 290 g/mol. The zero-order valence-electron chi connectivity index (χ0n) is 12.1. The quantitative estimate of drug-likeness (QED) is 0.779. The largest absolute Gasteiger partial charge is 0.352 e. The van der Waals surface area contributed by atoms with Crippen molar-refractivity contribution in [2.24, 2.45) is 17.6 Å². The van der Waals surface area contributed by atoms with Gasteiger partial charge in [0, 0.05) is 12.3 Å². The van der Waals surface area contributed by atoms with Crippen LogP contribution in [0, 0.1) is 11.8 Å². The van der Waals surface area contributed by atoms with Gasteiger partial charge in [0.2, 0.25) is 5.91 Å². The molecule has 1 aliphatic rings. The number of nitrogens with one attached hydrogen (secondary N) is 1. The molecule has 6 heteroatoms. The number of rotatable bonds is 5. The number of sulfone groups is 1. The molecule has 1 rings (SSSR count). The third-order valence-electron chi connectivity index (χ3n) is 4.08. The van der Waals surface area contributed by atoms with Gasteiger partial charge in [0.25, 0.3) is 0 Å². The van der Waals surface area contributed by atoms with Crippen molar-refractivity contribution in [1.82, 2.24) is 5.32 Å². The van der Waals surface area contributed by atoms with E-state index in [4.69, 9.17) is 5.73 Å². The molecule has 0 spiro atoms. The van der Waals surface area contributed by atoms with Crippen LogP contribution in [0.2, 0.25) is 0 Å². The molecule has 1 aliphatic carbocycles. The SMILES string of the molecule is CC1CCC(NC(=O)C(N)CCS(C)(=O)=O)CC1C. The van der Waals surface area contributed by atoms with E-state index in [1.807, 2.05) is 0 Å². The first kappa shape index (κ1) is 16.4. The first-order valence-corrected chi connectivity index (χ1v) is 8.98. The van der Waals surface area contributed by atoms with E-state index in [0.717, 1.165) is 25.5 Å². The van der Waals surface area contributed by atoms with E-state index in [0.29, 0.717) is 11.8 Å². The van der Waals surface area contributed by atoms with Gasteiger partial charge in [-0.25, -0.2) is 8.42 Å². The number of carbonyl (C=O) groups excluding carboxylic acids is 1. The molecule has 0 aromatic heterocycles. The minimum Gasteiger partial charge on any atom is -0.352 e. The zero-order chi connectivity index (χ0) is 14.6. The van der Waals surface area contributed by atoms with Crippen molar-refractivity contribution in [3.05, 3.63) is 0 Å². The Kier molecular flexibility index (Phi) is 5.80. The third kappa shape index (κ3) is 5.91. The minimum absolute atomic E-state index is 0.0420. The number of carbonyl (C=O) groups is 1. The molecule has 0 heterocycles. The summed E-state index contributed by atoms with van der Waals surface area (Å²) < 4.78 is 22.1. The second kappa shape index (κ2) is 6.70. The molecule has 1 fully saturated rings. The molecule has 0 saturated heterocycles. The lowest BCUT2D eigenvalue weighted by atomic mass is 9.79. The van der Waals surface area contributed by atoms with Gasteiger partial charge >= 0.3 is 0 Å². The molecule has 0 aromatic rings. The number of hydrogen-bond acceptors (Lipinski definition) is 4. The standard InChI is InChI=1S/C13H26N2O3S/c1-9-4-5-11(8-10(9)2)15-13(16)12(14)6-7-19(3,17)18/h9-12H,4-8,14H2,1-3H3,(H,15,16). The molecule has 1 amide bonds. The summed E-state index contributed by atoms with van der Waals surface area (Å²) in [5, 5.41) is 2.95. The predicted octanol–water partition coefficient (Wildman–Crippen LogP) is 0.689. The summed E-state index contributed by atoms with van der Waals surface area (Å²) >= 11 is 0. The maximum absolute atomic E-state index is 11.9. The summed E-state index contributed by atoms with van der Waals surface area (Å²) in [5.74, 6) is 1.04. The van der Waals surface area contributed by atoms with Crippen molar-refractivity contribution in [2.75, 3.05) is 12.0 Å². The lowest BCUT2D eigenvalue weighted by Crippen LogP contribution is -2.47. The molecule has 19 heavy (non-hydrogen) atoms. The summed E-state index contributed by atoms with van der Waals surface area (Å²) in [5.41, 5.74) is 5.73. The fraction of sp³-hybridized carbons (Fsp3) is 0.923. The second-order valence-corrected chi connectivity index (χ2v) is 8.26. The van der Waals surface area contributed by atoms with Gasteiger partial charge in [-0.1, -0.05) is 13.8 Å². The molecule has 5 nitrogen and oxygen atoms in total. The van der Waals surface area contributed by atoms with Gasteiger partial charge in [-0.15, -0.1) is 0 Å². The van der Waals surface area contributed by atoms with Crippen LogP contribution in [0.4, 0.5) is 0 Å². The Bertz CT molecular complexity index is 408. The Morgan fingerprint density at radius 3 is 2.47 bits per heavy atom. The Labute approximate surface area is 116 Å². The van der Waals surface area contributed by atoms with Crippen molar-refractivity contribution >= 4 is 15.7 Å². The molecular formula is C13H26N2O3S. The van der Waals surface area contributed by atoms with E-state index < -0.39 is 15.9 Å². The van der Waals surface area contributed by atoms with Gasteiger partial charge < -0.3 is 11.1 Å². The van der Waals surface area contributed by atoms with Gasteiger partial charge in [0.05, 0.1) is 11.8 Å². The molecule has 4 unspecified atom stereocenters. The van der Waals surface area contributed by atoms with Gasteiger partial charge in [0.15, 0.2) is 0 Å². The molecule has 0 radical (unpaired) electrons. The van der Waals surface area contributed by atoms with Crippen LogP contribution in [0.1, 0.15) is 39.5 Å². The summed E-state index contributed by atoms with van der Waals surface area (Å²) in [7, 11) is -3.06. The maximum atomic E-state index is 11.9. The minimum atomic E-state index is -3.06. The molecule has 4 atom stereocenters. The Balaban J connectivity index is 2.38. The topological polar surface area (TPSA) is 89.3 Å². The Hall–Kier alpha value is -0.620. The Morgan fingerprint density at radius 2 is 1.95 bits per heavy atom. The van der Waals surface area contributed by atoms with E-state index in [-0.39, 0.29) is 24.1 Å². The molecule has 0 aliphatic heterocycles. The van der Waals surface area contributed by atoms with Crippen LogP contribution < -0.4 is 11.1 Å². The number of hydrogen-bond donors (Lipinski definition) is 2. The van der Waals surface area contributed by atoms with Crippen LogP contribution in [0.25, 0.3) is 0 Å². The maximum Gasteiger partial charge on any atom is 0.237 e. The summed E-state index contributed by atoms with van der Waals surface area (Å²) in [6, 6.07) is -0.549. The van der Waals surface area contributed by atoms with E-state index in [1.54, 1.807) is 0 Å². The molecule has 112 valence electrons. The van der Waals surface area contributed by atoms with Crippen LogP contribution in [0.15, 0.2) is 0 Å². The zero-order valence-corrected chi connectivity index (χ0v) is 12.9. The van der Waals surface area contributed by atoms with Gasteiger partial charge in [-0.05, 0) is 37.5 Å². The third-order valence-corrected chi connectivity index (χ3v) is 5.06. The second-order valence-electron chi connectivity index (χ2n) is 6.00. The lowest BCUT2D eigenvalue weighted by molar-refractivity contribution is -0.123. The van der Waals surface area contributed by atoms with Crippen LogP contribution in [-0.4, -0.2) is 38.4 Å². The van der Waals surface area contributed by atoms with Crippen LogP contribution in [0.5, 0.6) is 0 Å². The highest BCUT2D eigenvalue weighted by atomic mass is 32.2. The van der Waals surface area contributed by atoms with E-state index in [1.165, 1.54) is 0 Å². The highest BCUT2D eigenvalue weighted by Gasteiger charge is 2.27. The fourth-order valence-electron chi connectivity index (χ4n) is 2.46. The Morgan fingerprint density at radius 1 is 1.32 bits per heavy atom. The summed E-state index contributed by atoms with van der Waals surface area (Å²) in [4.78, 5) is 11.9. The lowest BCUT2D eigenvalue weighted by Gasteiger charge is -2.33. The van der Waals surface area contributed by atoms with Crippen molar-refractivity contribution in [3.63, 3.8) is 0 Å². The summed E-state index contributed by atoms with van der Waals surface area (Å²) in [6.45, 7) is 4.44. The highest BCUT2D eigenvalue weighted by molar-refractivity contribution is 7.90. The molecule has 1 saturated carbocycles. The molecular weight excluding hydrogens is 264 g/mol. The smallest absolute Gasteiger partial charge is 0.237 e. The predicted molar refractivity (Wildman–Crippen MR) is 76.4 cm³/mol. The van der Waals surface area contributed by atoms with Crippen molar-refractivity contribution in [3.8, 4) is 0 Å². The van der Waals surface area contributed by atoms with Crippen LogP contribution in [0.3, 0.4) is 0 Å². The summed E-state index contributed by atoms with van der Waals surface area (Å²) in [6.07, 6.45) is 4.41. The van der Waals surface area contributed by atoms with Crippen molar-refractivity contribution < 1.29 is 13.2 Å². The van der Waals surface area contributed by atoms with Crippen LogP contribution >= 0.6 is 0 Å². The fourth-order valence-corrected chi connectivity index (χ4v) is 3.14. The van der Waals surface area contributed by atoms with Crippen molar-refractivity contribution in [1.29, 1.82) is 0 Å². The van der Waals surface area contributed by atoms with Gasteiger partial charge in [-0.3, -0.25) is 4.79 Å². The van der Waals surface area contributed by atoms with Gasteiger partial charge in [-0.2, -0.15) is 0 Å². The number of amides is 1. The van der Waals surface area contributed by atoms with Gasteiger partial charge in [0.1, 0.15) is 9.84 Å². The van der Waals surface area contributed by atoms with E-state index >= 15 is 0 Å². The average molecular weight is 290 g/mol. The first-order valence-electron chi connectivity index (χ1n) is 6.92. The van der Waals surface area contributed by atoms with E-state index in [2.05, 4.69) is 19.2 Å². The number of nitrogens with two attached hydrogens (primary N) is 1. The normalized spacial score (nSPS) is 29.8. The highest BCUT2D eigenvalue weighted by Crippen LogP contribution is 2.29. The van der Waals surface area contributed by atoms with Crippen LogP contribution in [-0.2, 0) is 14.6 Å². The van der Waals surface area contributed by atoms with Crippen molar-refractivity contribution in [2.45, 2.75) is 51.6 Å². The average Bonchev–Trinajstić information content (AvgIpc) is 2.29. The molecule has 3 N–H and O–H groups in total. The first-order chi connectivity index (χ1) is 8.69. The van der Waals surface area contributed by atoms with E-state index in [9.17, 15) is 13.2 Å². The molecule has 0 bridgehead atoms.